The van der Waals surface area contributed by atoms with E-state index < -0.39 is 5.60 Å². The van der Waals surface area contributed by atoms with E-state index in [1.165, 1.54) is 0 Å². The number of hydrogen-bond donors (Lipinski definition) is 0. The Kier molecular flexibility index (Phi) is 6.59. The SMILES string of the molecule is CCOC(=O)C(C)(C)Oc1c(C)cc(CN(C)Cc2nnc(C)o2)cc1C. The highest BCUT2D eigenvalue weighted by atomic mass is 16.6. The van der Waals surface area contributed by atoms with Crippen molar-refractivity contribution in [3.63, 3.8) is 0 Å². The molecule has 0 amide bonds. The van der Waals surface area contributed by atoms with E-state index in [0.29, 0.717) is 30.7 Å². The fourth-order valence-electron chi connectivity index (χ4n) is 2.89. The molecule has 7 heteroatoms. The highest BCUT2D eigenvalue weighted by Crippen LogP contribution is 2.29. The molecule has 0 aliphatic carbocycles. The second-order valence-corrected chi connectivity index (χ2v) is 7.28. The van der Waals surface area contributed by atoms with Gasteiger partial charge in [-0.3, -0.25) is 4.90 Å². The summed E-state index contributed by atoms with van der Waals surface area (Å²) in [6, 6.07) is 4.14. The summed E-state index contributed by atoms with van der Waals surface area (Å²) in [4.78, 5) is 14.2. The van der Waals surface area contributed by atoms with Crippen LogP contribution in [0.4, 0.5) is 0 Å². The molecule has 0 saturated carbocycles. The first-order valence-electron chi connectivity index (χ1n) is 9.06. The number of benzene rings is 1. The van der Waals surface area contributed by atoms with Gasteiger partial charge in [0.25, 0.3) is 0 Å². The van der Waals surface area contributed by atoms with E-state index in [9.17, 15) is 4.79 Å². The van der Waals surface area contributed by atoms with Crippen LogP contribution < -0.4 is 4.74 Å². The molecule has 0 atom stereocenters. The maximum absolute atomic E-state index is 12.1. The summed E-state index contributed by atoms with van der Waals surface area (Å²) >= 11 is 0. The van der Waals surface area contributed by atoms with Gasteiger partial charge in [-0.05, 0) is 58.4 Å². The van der Waals surface area contributed by atoms with E-state index in [4.69, 9.17) is 13.9 Å². The van der Waals surface area contributed by atoms with Crippen LogP contribution in [-0.4, -0.2) is 40.3 Å². The van der Waals surface area contributed by atoms with Gasteiger partial charge in [0, 0.05) is 13.5 Å². The minimum Gasteiger partial charge on any atom is -0.476 e. The van der Waals surface area contributed by atoms with Crippen molar-refractivity contribution in [2.45, 2.75) is 60.2 Å². The molecule has 0 fully saturated rings. The number of carbonyl (C=O) groups excluding carboxylic acids is 1. The van der Waals surface area contributed by atoms with Gasteiger partial charge in [-0.1, -0.05) is 12.1 Å². The summed E-state index contributed by atoms with van der Waals surface area (Å²) in [5.74, 6) is 1.50. The fraction of sp³-hybridized carbons (Fsp3) is 0.550. The Hall–Kier alpha value is -2.41. The van der Waals surface area contributed by atoms with Gasteiger partial charge in [-0.15, -0.1) is 10.2 Å². The van der Waals surface area contributed by atoms with Crippen molar-refractivity contribution in [3.05, 3.63) is 40.6 Å². The zero-order chi connectivity index (χ0) is 20.2. The quantitative estimate of drug-likeness (QED) is 0.655. The maximum Gasteiger partial charge on any atom is 0.349 e. The molecule has 0 aliphatic heterocycles. The second kappa shape index (κ2) is 8.52. The van der Waals surface area contributed by atoms with Gasteiger partial charge in [0.05, 0.1) is 13.2 Å². The minimum atomic E-state index is -1.04. The molecular weight excluding hydrogens is 346 g/mol. The molecule has 0 bridgehead atoms. The minimum absolute atomic E-state index is 0.328. The second-order valence-electron chi connectivity index (χ2n) is 7.28. The lowest BCUT2D eigenvalue weighted by Crippen LogP contribution is -2.40. The highest BCUT2D eigenvalue weighted by Gasteiger charge is 2.32. The maximum atomic E-state index is 12.1. The zero-order valence-electron chi connectivity index (χ0n) is 17.3. The molecule has 7 nitrogen and oxygen atoms in total. The molecular formula is C20H29N3O4. The zero-order valence-corrected chi connectivity index (χ0v) is 17.3. The van der Waals surface area contributed by atoms with Crippen molar-refractivity contribution < 1.29 is 18.7 Å². The molecule has 27 heavy (non-hydrogen) atoms. The van der Waals surface area contributed by atoms with Crippen LogP contribution in [0, 0.1) is 20.8 Å². The van der Waals surface area contributed by atoms with Crippen LogP contribution in [0.2, 0.25) is 0 Å². The predicted molar refractivity (Wildman–Crippen MR) is 101 cm³/mol. The monoisotopic (exact) mass is 375 g/mol. The van der Waals surface area contributed by atoms with Gasteiger partial charge in [-0.25, -0.2) is 4.79 Å². The average Bonchev–Trinajstić information content (AvgIpc) is 2.96. The van der Waals surface area contributed by atoms with Crippen LogP contribution in [-0.2, 0) is 22.6 Å². The van der Waals surface area contributed by atoms with E-state index in [2.05, 4.69) is 27.2 Å². The molecule has 1 aromatic carbocycles. The number of hydrogen-bond acceptors (Lipinski definition) is 7. The van der Waals surface area contributed by atoms with E-state index in [1.807, 2.05) is 20.9 Å². The Labute approximate surface area is 160 Å². The first-order valence-corrected chi connectivity index (χ1v) is 9.06. The third kappa shape index (κ3) is 5.53. The molecule has 0 N–H and O–H groups in total. The summed E-state index contributed by atoms with van der Waals surface area (Å²) in [7, 11) is 2.00. The van der Waals surface area contributed by atoms with Crippen LogP contribution >= 0.6 is 0 Å². The summed E-state index contributed by atoms with van der Waals surface area (Å²) in [6.07, 6.45) is 0. The molecule has 1 aromatic heterocycles. The largest absolute Gasteiger partial charge is 0.476 e. The Bertz CT molecular complexity index is 775. The van der Waals surface area contributed by atoms with E-state index >= 15 is 0 Å². The molecule has 1 heterocycles. The van der Waals surface area contributed by atoms with Crippen molar-refractivity contribution in [1.29, 1.82) is 0 Å². The lowest BCUT2D eigenvalue weighted by atomic mass is 10.0. The third-order valence-corrected chi connectivity index (χ3v) is 4.07. The predicted octanol–water partition coefficient (Wildman–Crippen LogP) is 3.35. The topological polar surface area (TPSA) is 77.7 Å². The van der Waals surface area contributed by atoms with Crippen LogP contribution in [0.1, 0.15) is 49.2 Å². The molecule has 0 saturated heterocycles. The van der Waals surface area contributed by atoms with Gasteiger partial charge in [0.15, 0.2) is 5.60 Å². The van der Waals surface area contributed by atoms with Crippen molar-refractivity contribution in [3.8, 4) is 5.75 Å². The van der Waals surface area contributed by atoms with Gasteiger partial charge in [-0.2, -0.15) is 0 Å². The number of aryl methyl sites for hydroxylation is 3. The summed E-state index contributed by atoms with van der Waals surface area (Å²) in [5, 5.41) is 7.88. The van der Waals surface area contributed by atoms with E-state index in [-0.39, 0.29) is 5.97 Å². The summed E-state index contributed by atoms with van der Waals surface area (Å²) in [6.45, 7) is 12.6. The number of aromatic nitrogens is 2. The Morgan fingerprint density at radius 2 is 1.78 bits per heavy atom. The number of ether oxygens (including phenoxy) is 2. The van der Waals surface area contributed by atoms with Gasteiger partial charge < -0.3 is 13.9 Å². The Morgan fingerprint density at radius 3 is 2.30 bits per heavy atom. The van der Waals surface area contributed by atoms with Gasteiger partial charge >= 0.3 is 5.97 Å². The van der Waals surface area contributed by atoms with Crippen molar-refractivity contribution in [2.24, 2.45) is 0 Å². The normalized spacial score (nSPS) is 11.7. The molecule has 148 valence electrons. The Balaban J connectivity index is 2.10. The van der Waals surface area contributed by atoms with Crippen LogP contribution in [0.15, 0.2) is 16.5 Å². The van der Waals surface area contributed by atoms with Crippen LogP contribution in [0.5, 0.6) is 5.75 Å². The smallest absolute Gasteiger partial charge is 0.349 e. The number of esters is 1. The molecule has 0 unspecified atom stereocenters. The van der Waals surface area contributed by atoms with Gasteiger partial charge in [0.1, 0.15) is 5.75 Å². The van der Waals surface area contributed by atoms with Crippen molar-refractivity contribution in [2.75, 3.05) is 13.7 Å². The van der Waals surface area contributed by atoms with Crippen molar-refractivity contribution in [1.82, 2.24) is 15.1 Å². The molecule has 0 spiro atoms. The first-order chi connectivity index (χ1) is 12.6. The standard InChI is InChI=1S/C20H29N3O4/c1-8-25-19(24)20(5,6)27-18-13(2)9-16(10-14(18)3)11-23(7)12-17-22-21-15(4)26-17/h9-10H,8,11-12H2,1-7H3. The highest BCUT2D eigenvalue weighted by molar-refractivity contribution is 5.79. The van der Waals surface area contributed by atoms with Crippen LogP contribution in [0.3, 0.4) is 0 Å². The molecule has 0 radical (unpaired) electrons. The van der Waals surface area contributed by atoms with Gasteiger partial charge in [0.2, 0.25) is 11.8 Å². The lowest BCUT2D eigenvalue weighted by molar-refractivity contribution is -0.158. The molecule has 2 rings (SSSR count). The fourth-order valence-corrected chi connectivity index (χ4v) is 2.89. The number of carbonyl (C=O) groups is 1. The Morgan fingerprint density at radius 1 is 1.15 bits per heavy atom. The molecule has 2 aromatic rings. The average molecular weight is 375 g/mol. The molecule has 0 aliphatic rings. The third-order valence-electron chi connectivity index (χ3n) is 4.07. The summed E-state index contributed by atoms with van der Waals surface area (Å²) < 4.78 is 16.5. The van der Waals surface area contributed by atoms with Crippen LogP contribution in [0.25, 0.3) is 0 Å². The number of nitrogens with zero attached hydrogens (tertiary/aromatic N) is 3. The van der Waals surface area contributed by atoms with E-state index in [1.54, 1.807) is 27.7 Å². The number of rotatable bonds is 8. The lowest BCUT2D eigenvalue weighted by Gasteiger charge is -2.26. The van der Waals surface area contributed by atoms with E-state index in [0.717, 1.165) is 23.2 Å². The first kappa shape index (κ1) is 20.9. The van der Waals surface area contributed by atoms with Crippen molar-refractivity contribution >= 4 is 5.97 Å². The summed E-state index contributed by atoms with van der Waals surface area (Å²) in [5.41, 5.74) is 2.05.